The quantitative estimate of drug-likeness (QED) is 0.780. The molecule has 118 valence electrons. The van der Waals surface area contributed by atoms with Gasteiger partial charge in [0.1, 0.15) is 12.4 Å². The second-order valence-electron chi connectivity index (χ2n) is 4.64. The monoisotopic (exact) mass is 334 g/mol. The number of carbonyl (C=O) groups is 1. The van der Waals surface area contributed by atoms with E-state index in [9.17, 15) is 4.79 Å². The molecule has 1 heterocycles. The van der Waals surface area contributed by atoms with Crippen molar-refractivity contribution in [2.24, 2.45) is 0 Å². The van der Waals surface area contributed by atoms with Gasteiger partial charge in [-0.2, -0.15) is 0 Å². The Balaban J connectivity index is 0.00000220. The Morgan fingerprint density at radius 1 is 1.48 bits per heavy atom. The minimum absolute atomic E-state index is 0. The highest BCUT2D eigenvalue weighted by Gasteiger charge is 2.20. The molecule has 21 heavy (non-hydrogen) atoms. The van der Waals surface area contributed by atoms with Crippen LogP contribution in [-0.4, -0.2) is 45.4 Å². The van der Waals surface area contributed by atoms with Crippen LogP contribution in [0.2, 0.25) is 5.02 Å². The molecule has 1 fully saturated rings. The van der Waals surface area contributed by atoms with Crippen molar-refractivity contribution in [1.82, 2.24) is 10.6 Å². The molecule has 1 atom stereocenters. The fourth-order valence-corrected chi connectivity index (χ4v) is 2.25. The first-order valence-corrected chi connectivity index (χ1v) is 7.01. The number of amides is 1. The van der Waals surface area contributed by atoms with E-state index in [4.69, 9.17) is 21.1 Å². The molecule has 0 aliphatic carbocycles. The van der Waals surface area contributed by atoms with E-state index < -0.39 is 0 Å². The maximum atomic E-state index is 12.3. The summed E-state index contributed by atoms with van der Waals surface area (Å²) in [6.07, 6.45) is 0.937. The van der Waals surface area contributed by atoms with Crippen LogP contribution in [0.1, 0.15) is 16.8 Å². The Morgan fingerprint density at radius 2 is 2.29 bits per heavy atom. The third-order valence-corrected chi connectivity index (χ3v) is 3.36. The number of hydrogen-bond donors (Lipinski definition) is 2. The van der Waals surface area contributed by atoms with E-state index in [1.807, 2.05) is 0 Å². The minimum atomic E-state index is -0.159. The highest BCUT2D eigenvalue weighted by molar-refractivity contribution is 6.31. The van der Waals surface area contributed by atoms with Gasteiger partial charge in [-0.15, -0.1) is 12.4 Å². The lowest BCUT2D eigenvalue weighted by Crippen LogP contribution is -2.36. The molecular weight excluding hydrogens is 315 g/mol. The Labute approximate surface area is 135 Å². The normalized spacial score (nSPS) is 17.1. The van der Waals surface area contributed by atoms with Gasteiger partial charge in [0.05, 0.1) is 12.2 Å². The van der Waals surface area contributed by atoms with Crippen LogP contribution in [0.5, 0.6) is 5.75 Å². The Kier molecular flexibility index (Phi) is 7.82. The van der Waals surface area contributed by atoms with E-state index in [-0.39, 0.29) is 24.4 Å². The number of rotatable bonds is 6. The van der Waals surface area contributed by atoms with Gasteiger partial charge in [0.25, 0.3) is 5.91 Å². The molecule has 1 unspecified atom stereocenters. The number of ether oxygens (including phenoxy) is 2. The fraction of sp³-hybridized carbons (Fsp3) is 0.500. The average Bonchev–Trinajstić information content (AvgIpc) is 2.93. The van der Waals surface area contributed by atoms with Crippen LogP contribution in [0.3, 0.4) is 0 Å². The van der Waals surface area contributed by atoms with E-state index in [1.165, 1.54) is 0 Å². The highest BCUT2D eigenvalue weighted by Crippen LogP contribution is 2.23. The van der Waals surface area contributed by atoms with E-state index in [2.05, 4.69) is 10.6 Å². The zero-order chi connectivity index (χ0) is 14.4. The minimum Gasteiger partial charge on any atom is -0.490 e. The first-order valence-electron chi connectivity index (χ1n) is 6.63. The molecule has 1 saturated heterocycles. The van der Waals surface area contributed by atoms with Crippen LogP contribution in [-0.2, 0) is 4.74 Å². The number of methoxy groups -OCH3 is 1. The van der Waals surface area contributed by atoms with Gasteiger partial charge in [-0.25, -0.2) is 0 Å². The predicted octanol–water partition coefficient (Wildman–Crippen LogP) is 1.88. The molecule has 1 aromatic carbocycles. The summed E-state index contributed by atoms with van der Waals surface area (Å²) in [6, 6.07) is 5.20. The van der Waals surface area contributed by atoms with E-state index >= 15 is 0 Å². The first-order chi connectivity index (χ1) is 9.70. The third kappa shape index (κ3) is 5.36. The molecule has 0 spiro atoms. The lowest BCUT2D eigenvalue weighted by atomic mass is 10.1. The Morgan fingerprint density at radius 3 is 2.95 bits per heavy atom. The summed E-state index contributed by atoms with van der Waals surface area (Å²) in [7, 11) is 1.60. The van der Waals surface area contributed by atoms with Crippen molar-refractivity contribution in [3.8, 4) is 5.75 Å². The lowest BCUT2D eigenvalue weighted by Gasteiger charge is -2.15. The van der Waals surface area contributed by atoms with Gasteiger partial charge in [0.2, 0.25) is 0 Å². The summed E-state index contributed by atoms with van der Waals surface area (Å²) >= 11 is 5.97. The van der Waals surface area contributed by atoms with E-state index in [0.717, 1.165) is 19.5 Å². The van der Waals surface area contributed by atoms with Gasteiger partial charge in [0, 0.05) is 24.7 Å². The molecule has 1 aliphatic heterocycles. The first kappa shape index (κ1) is 18.0. The number of halogens is 2. The zero-order valence-electron chi connectivity index (χ0n) is 11.9. The Bertz CT molecular complexity index is 466. The van der Waals surface area contributed by atoms with Crippen molar-refractivity contribution in [1.29, 1.82) is 0 Å². The lowest BCUT2D eigenvalue weighted by molar-refractivity contribution is 0.0932. The van der Waals surface area contributed by atoms with Gasteiger partial charge in [-0.05, 0) is 31.2 Å². The molecule has 2 rings (SSSR count). The topological polar surface area (TPSA) is 59.6 Å². The number of carbonyl (C=O) groups excluding carboxylic acids is 1. The van der Waals surface area contributed by atoms with Crippen molar-refractivity contribution >= 4 is 29.9 Å². The van der Waals surface area contributed by atoms with Crippen molar-refractivity contribution in [3.63, 3.8) is 0 Å². The molecule has 1 aromatic rings. The second-order valence-corrected chi connectivity index (χ2v) is 5.08. The molecule has 0 aromatic heterocycles. The maximum absolute atomic E-state index is 12.3. The van der Waals surface area contributed by atoms with Crippen molar-refractivity contribution in [2.75, 3.05) is 33.4 Å². The predicted molar refractivity (Wildman–Crippen MR) is 84.8 cm³/mol. The largest absolute Gasteiger partial charge is 0.490 e. The number of benzene rings is 1. The van der Waals surface area contributed by atoms with Crippen molar-refractivity contribution in [3.05, 3.63) is 28.8 Å². The molecule has 0 radical (unpaired) electrons. The summed E-state index contributed by atoms with van der Waals surface area (Å²) in [5.41, 5.74) is 0.459. The maximum Gasteiger partial charge on any atom is 0.255 e. The number of nitrogens with one attached hydrogen (secondary N) is 2. The van der Waals surface area contributed by atoms with Crippen LogP contribution >= 0.6 is 24.0 Å². The second kappa shape index (κ2) is 9.10. The van der Waals surface area contributed by atoms with Crippen molar-refractivity contribution < 1.29 is 14.3 Å². The van der Waals surface area contributed by atoms with Gasteiger partial charge in [-0.3, -0.25) is 4.79 Å². The Hall–Kier alpha value is -1.01. The van der Waals surface area contributed by atoms with Crippen molar-refractivity contribution in [2.45, 2.75) is 12.5 Å². The smallest absolute Gasteiger partial charge is 0.255 e. The van der Waals surface area contributed by atoms with Crippen LogP contribution in [0.25, 0.3) is 0 Å². The zero-order valence-corrected chi connectivity index (χ0v) is 13.4. The van der Waals surface area contributed by atoms with Gasteiger partial charge in [0.15, 0.2) is 0 Å². The van der Waals surface area contributed by atoms with Gasteiger partial charge in [-0.1, -0.05) is 11.6 Å². The van der Waals surface area contributed by atoms with Crippen LogP contribution in [0, 0.1) is 0 Å². The van der Waals surface area contributed by atoms with Crippen LogP contribution in [0.4, 0.5) is 0 Å². The van der Waals surface area contributed by atoms with Crippen LogP contribution in [0.15, 0.2) is 18.2 Å². The number of hydrogen-bond acceptors (Lipinski definition) is 4. The average molecular weight is 335 g/mol. The molecule has 1 aliphatic rings. The summed E-state index contributed by atoms with van der Waals surface area (Å²) in [4.78, 5) is 12.3. The highest BCUT2D eigenvalue weighted by atomic mass is 35.5. The van der Waals surface area contributed by atoms with Gasteiger partial charge >= 0.3 is 0 Å². The fourth-order valence-electron chi connectivity index (χ4n) is 2.08. The van der Waals surface area contributed by atoms with E-state index in [0.29, 0.717) is 29.5 Å². The van der Waals surface area contributed by atoms with Crippen LogP contribution < -0.4 is 15.4 Å². The standard InChI is InChI=1S/C14H19ClN2O3.ClH/c1-19-6-7-20-13-3-2-10(15)8-12(13)14(18)17-11-4-5-16-9-11;/h2-3,8,11,16H,4-7,9H2,1H3,(H,17,18);1H. The third-order valence-electron chi connectivity index (χ3n) is 3.13. The van der Waals surface area contributed by atoms with Gasteiger partial charge < -0.3 is 20.1 Å². The summed E-state index contributed by atoms with van der Waals surface area (Å²) < 4.78 is 10.5. The summed E-state index contributed by atoms with van der Waals surface area (Å²) in [5, 5.41) is 6.70. The molecular formula is C14H20Cl2N2O3. The summed E-state index contributed by atoms with van der Waals surface area (Å²) in [5.74, 6) is 0.364. The SMILES string of the molecule is COCCOc1ccc(Cl)cc1C(=O)NC1CCNC1.Cl. The molecule has 7 heteroatoms. The molecule has 0 saturated carbocycles. The molecule has 1 amide bonds. The van der Waals surface area contributed by atoms with E-state index in [1.54, 1.807) is 25.3 Å². The summed E-state index contributed by atoms with van der Waals surface area (Å²) in [6.45, 7) is 2.59. The molecule has 0 bridgehead atoms. The molecule has 5 nitrogen and oxygen atoms in total. The molecule has 2 N–H and O–H groups in total.